The van der Waals surface area contributed by atoms with E-state index in [9.17, 15) is 0 Å². The normalized spacial score (nSPS) is 15.1. The third kappa shape index (κ3) is 6.86. The molecule has 4 aromatic carbocycles. The van der Waals surface area contributed by atoms with Crippen LogP contribution in [0.4, 0.5) is 0 Å². The van der Waals surface area contributed by atoms with Gasteiger partial charge in [-0.25, -0.2) is 0 Å². The molecule has 21 heteroatoms. The van der Waals surface area contributed by atoms with E-state index in [1.807, 2.05) is 0 Å². The lowest BCUT2D eigenvalue weighted by molar-refractivity contribution is 0.296. The Morgan fingerprint density at radius 3 is 0.426 bits per heavy atom. The van der Waals surface area contributed by atoms with E-state index in [4.69, 9.17) is 4.74 Å². The standard InChI is InChI=1S/C26Br20O/c27-5-1(6(28)14(36)21(43)13(5)35)25(2-7(29)15(37)22(44)16(38)8(2)30)26(47-25,3-9(31)17(39)23(45)18(40)10(3)32)4-11(33)19(41)24(46)20(42)12(4)34. The van der Waals surface area contributed by atoms with Crippen molar-refractivity contribution in [3.63, 3.8) is 0 Å². The van der Waals surface area contributed by atoms with E-state index in [1.165, 1.54) is 0 Å². The highest BCUT2D eigenvalue weighted by Gasteiger charge is 2.78. The van der Waals surface area contributed by atoms with Crippen molar-refractivity contribution in [3.05, 3.63) is 112 Å². The average molecular weight is 1930 g/mol. The van der Waals surface area contributed by atoms with Crippen molar-refractivity contribution < 1.29 is 4.74 Å². The zero-order valence-corrected chi connectivity index (χ0v) is 52.7. The highest BCUT2D eigenvalue weighted by Crippen LogP contribution is 2.78. The smallest absolute Gasteiger partial charge is 0.162 e. The molecule has 0 atom stereocenters. The first kappa shape index (κ1) is 44.5. The van der Waals surface area contributed by atoms with Gasteiger partial charge in [0, 0.05) is 112 Å². The fraction of sp³-hybridized carbons (Fsp3) is 0.0769. The zero-order valence-electron chi connectivity index (χ0n) is 21.0. The van der Waals surface area contributed by atoms with Crippen LogP contribution in [0.1, 0.15) is 22.3 Å². The minimum Gasteiger partial charge on any atom is -0.342 e. The van der Waals surface area contributed by atoms with Crippen LogP contribution in [-0.2, 0) is 15.9 Å². The summed E-state index contributed by atoms with van der Waals surface area (Å²) in [5.74, 6) is 0. The van der Waals surface area contributed by atoms with Crippen LogP contribution in [0.3, 0.4) is 0 Å². The van der Waals surface area contributed by atoms with E-state index in [1.54, 1.807) is 0 Å². The minimum absolute atomic E-state index is 0.750. The molecule has 1 aliphatic heterocycles. The molecule has 4 aromatic rings. The number of ether oxygens (including phenoxy) is 1. The van der Waals surface area contributed by atoms with E-state index in [2.05, 4.69) is 319 Å². The molecule has 1 saturated heterocycles. The van der Waals surface area contributed by atoms with E-state index in [0.29, 0.717) is 0 Å². The average Bonchev–Trinajstić information content (AvgIpc) is 3.69. The summed E-state index contributed by atoms with van der Waals surface area (Å²) in [7, 11) is 0. The molecule has 5 rings (SSSR count). The second-order valence-electron chi connectivity index (χ2n) is 9.24. The molecule has 0 radical (unpaired) electrons. The Bertz CT molecular complexity index is 1690. The van der Waals surface area contributed by atoms with Crippen LogP contribution in [0.25, 0.3) is 0 Å². The van der Waals surface area contributed by atoms with Gasteiger partial charge in [-0.05, 0) is 319 Å². The van der Waals surface area contributed by atoms with Gasteiger partial charge < -0.3 is 4.74 Å². The molecule has 1 nitrogen and oxygen atoms in total. The highest BCUT2D eigenvalue weighted by molar-refractivity contribution is 9.18. The summed E-state index contributed by atoms with van der Waals surface area (Å²) < 4.78 is 23.1. The first-order valence-corrected chi connectivity index (χ1v) is 27.3. The van der Waals surface area contributed by atoms with E-state index < -0.39 is 11.2 Å². The topological polar surface area (TPSA) is 12.5 Å². The Hall–Kier alpha value is 6.44. The minimum atomic E-state index is -1.30. The lowest BCUT2D eigenvalue weighted by atomic mass is 9.73. The van der Waals surface area contributed by atoms with Crippen LogP contribution < -0.4 is 0 Å². The van der Waals surface area contributed by atoms with Gasteiger partial charge in [0.15, 0.2) is 11.2 Å². The van der Waals surface area contributed by atoms with Crippen molar-refractivity contribution in [3.8, 4) is 0 Å². The molecule has 1 fully saturated rings. The molecule has 1 aliphatic rings. The number of hydrogen-bond acceptors (Lipinski definition) is 1. The van der Waals surface area contributed by atoms with E-state index >= 15 is 0 Å². The van der Waals surface area contributed by atoms with Gasteiger partial charge in [-0.2, -0.15) is 0 Å². The summed E-state index contributed by atoms with van der Waals surface area (Å²) in [6.07, 6.45) is 0. The van der Waals surface area contributed by atoms with Crippen molar-refractivity contribution in [2.75, 3.05) is 0 Å². The Morgan fingerprint density at radius 2 is 0.298 bits per heavy atom. The molecule has 0 amide bonds. The lowest BCUT2D eigenvalue weighted by Crippen LogP contribution is -2.29. The van der Waals surface area contributed by atoms with Crippen molar-refractivity contribution >= 4 is 319 Å². The molecule has 0 bridgehead atoms. The molecular formula is C26Br20O. The zero-order chi connectivity index (χ0) is 35.6. The summed E-state index contributed by atoms with van der Waals surface area (Å²) in [4.78, 5) is 0. The molecule has 0 unspecified atom stereocenters. The largest absolute Gasteiger partial charge is 0.342 e. The molecule has 0 saturated carbocycles. The second kappa shape index (κ2) is 16.6. The Labute approximate surface area is 437 Å². The molecule has 0 N–H and O–H groups in total. The number of hydrogen-bond donors (Lipinski definition) is 0. The maximum Gasteiger partial charge on any atom is 0.162 e. The van der Waals surface area contributed by atoms with Crippen LogP contribution in [0.2, 0.25) is 0 Å². The third-order valence-corrected chi connectivity index (χ3v) is 31.4. The SMILES string of the molecule is Brc1c(Br)c(Br)c(C2(c3c(Br)c(Br)c(Br)c(Br)c3Br)OC2(c2c(Br)c(Br)c(Br)c(Br)c2Br)c2c(Br)c(Br)c(Br)c(Br)c2Br)c(Br)c1Br. The summed E-state index contributed by atoms with van der Waals surface area (Å²) in [6.45, 7) is 0. The molecule has 47 heavy (non-hydrogen) atoms. The predicted molar refractivity (Wildman–Crippen MR) is 262 cm³/mol. The van der Waals surface area contributed by atoms with Gasteiger partial charge in [-0.3, -0.25) is 0 Å². The lowest BCUT2D eigenvalue weighted by Gasteiger charge is -2.31. The van der Waals surface area contributed by atoms with Gasteiger partial charge in [0.1, 0.15) is 0 Å². The van der Waals surface area contributed by atoms with Gasteiger partial charge in [0.25, 0.3) is 0 Å². The quantitative estimate of drug-likeness (QED) is 0.113. The first-order chi connectivity index (χ1) is 21.7. The fourth-order valence-corrected chi connectivity index (χ4v) is 19.4. The van der Waals surface area contributed by atoms with Crippen molar-refractivity contribution in [1.82, 2.24) is 0 Å². The van der Waals surface area contributed by atoms with E-state index in [-0.39, 0.29) is 0 Å². The molecular weight excluding hydrogens is 1930 g/mol. The first-order valence-electron chi connectivity index (χ1n) is 11.4. The second-order valence-corrected chi connectivity index (χ2v) is 25.1. The van der Waals surface area contributed by atoms with Gasteiger partial charge in [0.2, 0.25) is 0 Å². The van der Waals surface area contributed by atoms with E-state index in [0.717, 1.165) is 112 Å². The van der Waals surface area contributed by atoms with Crippen LogP contribution in [0.5, 0.6) is 0 Å². The molecule has 0 spiro atoms. The van der Waals surface area contributed by atoms with Crippen LogP contribution >= 0.6 is 319 Å². The van der Waals surface area contributed by atoms with Crippen LogP contribution in [-0.4, -0.2) is 0 Å². The molecule has 0 aliphatic carbocycles. The van der Waals surface area contributed by atoms with Crippen molar-refractivity contribution in [1.29, 1.82) is 0 Å². The predicted octanol–water partition coefficient (Wildman–Crippen LogP) is 21.2. The Balaban J connectivity index is 2.22. The maximum atomic E-state index is 7.61. The highest BCUT2D eigenvalue weighted by atomic mass is 79.9. The number of epoxide rings is 1. The summed E-state index contributed by atoms with van der Waals surface area (Å²) in [5, 5.41) is 0. The number of halogens is 20. The number of benzene rings is 4. The van der Waals surface area contributed by atoms with Crippen LogP contribution in [0, 0.1) is 0 Å². The van der Waals surface area contributed by atoms with Gasteiger partial charge >= 0.3 is 0 Å². The molecule has 1 heterocycles. The summed E-state index contributed by atoms with van der Waals surface area (Å²) >= 11 is 77.4. The van der Waals surface area contributed by atoms with Gasteiger partial charge in [-0.1, -0.05) is 0 Å². The summed E-state index contributed by atoms with van der Waals surface area (Å²) in [5.41, 5.74) is 0.537. The third-order valence-electron chi connectivity index (χ3n) is 7.01. The van der Waals surface area contributed by atoms with Crippen molar-refractivity contribution in [2.45, 2.75) is 11.2 Å². The monoisotopic (exact) mass is 1910 g/mol. The Kier molecular flexibility index (Phi) is 15.7. The number of rotatable bonds is 4. The van der Waals surface area contributed by atoms with Crippen LogP contribution in [0.15, 0.2) is 89.5 Å². The van der Waals surface area contributed by atoms with Gasteiger partial charge in [0.05, 0.1) is 0 Å². The summed E-state index contributed by atoms with van der Waals surface area (Å²) in [6, 6.07) is 0. The van der Waals surface area contributed by atoms with Crippen molar-refractivity contribution in [2.24, 2.45) is 0 Å². The maximum absolute atomic E-state index is 7.61. The fourth-order valence-electron chi connectivity index (χ4n) is 5.02. The molecule has 0 aromatic heterocycles. The Morgan fingerprint density at radius 1 is 0.191 bits per heavy atom. The molecule has 250 valence electrons. The van der Waals surface area contributed by atoms with Gasteiger partial charge in [-0.15, -0.1) is 0 Å².